The van der Waals surface area contributed by atoms with Gasteiger partial charge in [-0.1, -0.05) is 0 Å². The van der Waals surface area contributed by atoms with Crippen LogP contribution in [0.2, 0.25) is 0 Å². The van der Waals surface area contributed by atoms with Crippen LogP contribution in [0.5, 0.6) is 11.5 Å². The summed E-state index contributed by atoms with van der Waals surface area (Å²) in [6.45, 7) is 1.88. The van der Waals surface area contributed by atoms with Gasteiger partial charge in [0.1, 0.15) is 11.5 Å². The van der Waals surface area contributed by atoms with Gasteiger partial charge >= 0.3 is 0 Å². The van der Waals surface area contributed by atoms with Gasteiger partial charge in [0.05, 0.1) is 20.5 Å². The first kappa shape index (κ1) is 16.6. The van der Waals surface area contributed by atoms with Gasteiger partial charge < -0.3 is 19.4 Å². The van der Waals surface area contributed by atoms with E-state index in [2.05, 4.69) is 10.3 Å². The summed E-state index contributed by atoms with van der Waals surface area (Å²) in [5.41, 5.74) is 2.99. The number of amides is 1. The second-order valence-corrected chi connectivity index (χ2v) is 5.48. The van der Waals surface area contributed by atoms with Crippen molar-refractivity contribution in [2.45, 2.75) is 6.92 Å². The second kappa shape index (κ2) is 7.09. The van der Waals surface area contributed by atoms with Crippen molar-refractivity contribution in [1.82, 2.24) is 9.55 Å². The molecule has 0 radical (unpaired) electrons. The van der Waals surface area contributed by atoms with E-state index in [0.29, 0.717) is 22.7 Å². The van der Waals surface area contributed by atoms with Crippen molar-refractivity contribution in [1.29, 1.82) is 0 Å². The van der Waals surface area contributed by atoms with E-state index >= 15 is 0 Å². The highest BCUT2D eigenvalue weighted by Gasteiger charge is 2.14. The zero-order chi connectivity index (χ0) is 17.8. The number of methoxy groups -OCH3 is 2. The van der Waals surface area contributed by atoms with Gasteiger partial charge in [0, 0.05) is 34.9 Å². The van der Waals surface area contributed by atoms with Crippen LogP contribution in [-0.2, 0) is 0 Å². The molecule has 1 heterocycles. The first-order chi connectivity index (χ1) is 12.1. The molecule has 3 aromatic rings. The minimum Gasteiger partial charge on any atom is -0.496 e. The third kappa shape index (κ3) is 3.47. The predicted molar refractivity (Wildman–Crippen MR) is 95.8 cm³/mol. The van der Waals surface area contributed by atoms with Gasteiger partial charge in [-0.15, -0.1) is 0 Å². The van der Waals surface area contributed by atoms with Crippen LogP contribution in [0.3, 0.4) is 0 Å². The Morgan fingerprint density at radius 1 is 1.08 bits per heavy atom. The number of carbonyl (C=O) groups excluding carboxylic acids is 1. The van der Waals surface area contributed by atoms with E-state index in [-0.39, 0.29) is 5.91 Å². The number of hydrogen-bond acceptors (Lipinski definition) is 4. The Labute approximate surface area is 146 Å². The number of nitrogens with zero attached hydrogens (tertiary/aromatic N) is 2. The lowest BCUT2D eigenvalue weighted by Gasteiger charge is -2.13. The van der Waals surface area contributed by atoms with Crippen molar-refractivity contribution in [3.63, 3.8) is 0 Å². The number of benzene rings is 2. The summed E-state index contributed by atoms with van der Waals surface area (Å²) in [6.07, 6.45) is 5.30. The fourth-order valence-electron chi connectivity index (χ4n) is 2.55. The molecule has 1 N–H and O–H groups in total. The highest BCUT2D eigenvalue weighted by Crippen LogP contribution is 2.29. The van der Waals surface area contributed by atoms with Gasteiger partial charge in [0.2, 0.25) is 0 Å². The quantitative estimate of drug-likeness (QED) is 0.774. The van der Waals surface area contributed by atoms with Gasteiger partial charge in [-0.2, -0.15) is 0 Å². The van der Waals surface area contributed by atoms with Crippen molar-refractivity contribution in [3.8, 4) is 17.2 Å². The van der Waals surface area contributed by atoms with E-state index in [1.54, 1.807) is 38.9 Å². The molecule has 1 amide bonds. The number of rotatable bonds is 5. The highest BCUT2D eigenvalue weighted by molar-refractivity contribution is 6.05. The zero-order valence-electron chi connectivity index (χ0n) is 14.3. The number of nitrogens with one attached hydrogen (secondary N) is 1. The van der Waals surface area contributed by atoms with E-state index in [0.717, 1.165) is 11.3 Å². The molecule has 0 atom stereocenters. The molecule has 0 bridgehead atoms. The number of hydrogen-bond donors (Lipinski definition) is 1. The molecule has 0 aliphatic heterocycles. The van der Waals surface area contributed by atoms with Crippen LogP contribution in [0.25, 0.3) is 5.69 Å². The molecule has 0 unspecified atom stereocenters. The maximum Gasteiger partial charge on any atom is 0.255 e. The van der Waals surface area contributed by atoms with E-state index in [1.165, 1.54) is 0 Å². The number of ether oxygens (including phenoxy) is 2. The van der Waals surface area contributed by atoms with Crippen molar-refractivity contribution in [3.05, 3.63) is 66.2 Å². The smallest absolute Gasteiger partial charge is 0.255 e. The van der Waals surface area contributed by atoms with Crippen LogP contribution in [0, 0.1) is 6.92 Å². The molecular weight excluding hydrogens is 318 g/mol. The fourth-order valence-corrected chi connectivity index (χ4v) is 2.55. The van der Waals surface area contributed by atoms with Gasteiger partial charge in [-0.3, -0.25) is 4.79 Å². The Hall–Kier alpha value is -3.28. The van der Waals surface area contributed by atoms with Gasteiger partial charge in [-0.05, 0) is 43.3 Å². The third-order valence-corrected chi connectivity index (χ3v) is 3.94. The summed E-state index contributed by atoms with van der Waals surface area (Å²) in [5, 5.41) is 2.88. The van der Waals surface area contributed by atoms with Crippen molar-refractivity contribution >= 4 is 11.6 Å². The Morgan fingerprint density at radius 2 is 1.72 bits per heavy atom. The maximum atomic E-state index is 12.5. The number of anilines is 1. The maximum absolute atomic E-state index is 12.5. The predicted octanol–water partition coefficient (Wildman–Crippen LogP) is 3.45. The SMILES string of the molecule is COc1cc(C(=O)Nc2ccc(-n3ccnc3)cc2)cc(OC)c1C. The monoisotopic (exact) mass is 337 g/mol. The van der Waals surface area contributed by atoms with Crippen LogP contribution in [0.4, 0.5) is 5.69 Å². The van der Waals surface area contributed by atoms with E-state index in [9.17, 15) is 4.79 Å². The molecule has 0 aliphatic rings. The summed E-state index contributed by atoms with van der Waals surface area (Å²) in [6, 6.07) is 10.9. The van der Waals surface area contributed by atoms with Crippen molar-refractivity contribution in [2.75, 3.05) is 19.5 Å². The van der Waals surface area contributed by atoms with Gasteiger partial charge in [0.15, 0.2) is 0 Å². The molecule has 128 valence electrons. The molecule has 0 saturated heterocycles. The molecule has 3 rings (SSSR count). The molecule has 6 heteroatoms. The van der Waals surface area contributed by atoms with Gasteiger partial charge in [-0.25, -0.2) is 4.98 Å². The topological polar surface area (TPSA) is 65.4 Å². The van der Waals surface area contributed by atoms with Crippen LogP contribution in [-0.4, -0.2) is 29.7 Å². The first-order valence-electron chi connectivity index (χ1n) is 7.74. The minimum atomic E-state index is -0.230. The van der Waals surface area contributed by atoms with E-state index < -0.39 is 0 Å². The molecule has 6 nitrogen and oxygen atoms in total. The van der Waals surface area contributed by atoms with Crippen molar-refractivity contribution < 1.29 is 14.3 Å². The molecule has 2 aromatic carbocycles. The van der Waals surface area contributed by atoms with E-state index in [4.69, 9.17) is 9.47 Å². The van der Waals surface area contributed by atoms with Crippen molar-refractivity contribution in [2.24, 2.45) is 0 Å². The van der Waals surface area contributed by atoms with Crippen LogP contribution in [0.1, 0.15) is 15.9 Å². The fraction of sp³-hybridized carbons (Fsp3) is 0.158. The molecule has 1 aromatic heterocycles. The largest absolute Gasteiger partial charge is 0.496 e. The molecule has 0 fully saturated rings. The summed E-state index contributed by atoms with van der Waals surface area (Å²) < 4.78 is 12.5. The molecule has 0 saturated carbocycles. The standard InChI is InChI=1S/C19H19N3O3/c1-13-17(24-2)10-14(11-18(13)25-3)19(23)21-15-4-6-16(7-5-15)22-9-8-20-12-22/h4-12H,1-3H3,(H,21,23). The third-order valence-electron chi connectivity index (χ3n) is 3.94. The Bertz CT molecular complexity index is 846. The van der Waals surface area contributed by atoms with Gasteiger partial charge in [0.25, 0.3) is 5.91 Å². The highest BCUT2D eigenvalue weighted by atomic mass is 16.5. The number of imidazole rings is 1. The lowest BCUT2D eigenvalue weighted by Crippen LogP contribution is -2.12. The van der Waals surface area contributed by atoms with E-state index in [1.807, 2.05) is 42.0 Å². The first-order valence-corrected chi connectivity index (χ1v) is 7.74. The summed E-state index contributed by atoms with van der Waals surface area (Å²) in [7, 11) is 3.14. The average Bonchev–Trinajstić information content (AvgIpc) is 3.17. The molecular formula is C19H19N3O3. The summed E-state index contributed by atoms with van der Waals surface area (Å²) in [5.74, 6) is 0.992. The lowest BCUT2D eigenvalue weighted by molar-refractivity contribution is 0.102. The minimum absolute atomic E-state index is 0.230. The second-order valence-electron chi connectivity index (χ2n) is 5.48. The Balaban J connectivity index is 1.80. The average molecular weight is 337 g/mol. The normalized spacial score (nSPS) is 10.4. The van der Waals surface area contributed by atoms with Crippen LogP contribution < -0.4 is 14.8 Å². The Kier molecular flexibility index (Phi) is 4.70. The number of aromatic nitrogens is 2. The van der Waals surface area contributed by atoms with Crippen LogP contribution >= 0.6 is 0 Å². The molecule has 0 aliphatic carbocycles. The summed E-state index contributed by atoms with van der Waals surface area (Å²) in [4.78, 5) is 16.6. The molecule has 25 heavy (non-hydrogen) atoms. The number of carbonyl (C=O) groups is 1. The lowest BCUT2D eigenvalue weighted by atomic mass is 10.1. The van der Waals surface area contributed by atoms with Crippen LogP contribution in [0.15, 0.2) is 55.1 Å². The zero-order valence-corrected chi connectivity index (χ0v) is 14.3. The Morgan fingerprint density at radius 3 is 2.24 bits per heavy atom. The summed E-state index contributed by atoms with van der Waals surface area (Å²) >= 11 is 0. The molecule has 0 spiro atoms.